The molecular formula is C17H22N2O3S. The summed E-state index contributed by atoms with van der Waals surface area (Å²) in [5.41, 5.74) is 7.95. The Bertz CT molecular complexity index is 700. The number of sulfonamides is 1. The molecule has 1 unspecified atom stereocenters. The minimum absolute atomic E-state index is 0.151. The van der Waals surface area contributed by atoms with Gasteiger partial charge >= 0.3 is 0 Å². The first-order valence-corrected chi connectivity index (χ1v) is 8.89. The molecule has 6 heteroatoms. The SMILES string of the molecule is COCCc1ccc(S(=O)(=O)NCC(N)c2ccccc2)cc1. The molecule has 0 heterocycles. The molecule has 0 radical (unpaired) electrons. The summed E-state index contributed by atoms with van der Waals surface area (Å²) in [6.07, 6.45) is 0.753. The van der Waals surface area contributed by atoms with Gasteiger partial charge in [-0.05, 0) is 29.7 Å². The van der Waals surface area contributed by atoms with Crippen molar-refractivity contribution in [3.8, 4) is 0 Å². The minimum atomic E-state index is -3.56. The summed E-state index contributed by atoms with van der Waals surface area (Å²) >= 11 is 0. The van der Waals surface area contributed by atoms with E-state index in [9.17, 15) is 8.42 Å². The van der Waals surface area contributed by atoms with Gasteiger partial charge in [0.25, 0.3) is 0 Å². The number of benzene rings is 2. The van der Waals surface area contributed by atoms with Crippen LogP contribution in [0.15, 0.2) is 59.5 Å². The lowest BCUT2D eigenvalue weighted by atomic mass is 10.1. The van der Waals surface area contributed by atoms with E-state index in [2.05, 4.69) is 4.72 Å². The third-order valence-corrected chi connectivity index (χ3v) is 4.99. The molecule has 0 spiro atoms. The molecule has 0 aliphatic carbocycles. The molecule has 0 aliphatic rings. The normalized spacial score (nSPS) is 13.0. The van der Waals surface area contributed by atoms with Crippen LogP contribution in [0.2, 0.25) is 0 Å². The van der Waals surface area contributed by atoms with Gasteiger partial charge in [0.05, 0.1) is 11.5 Å². The minimum Gasteiger partial charge on any atom is -0.384 e. The first-order valence-electron chi connectivity index (χ1n) is 7.41. The standard InChI is InChI=1S/C17H22N2O3S/c1-22-12-11-14-7-9-16(10-8-14)23(20,21)19-13-17(18)15-5-3-2-4-6-15/h2-10,17,19H,11-13,18H2,1H3. The summed E-state index contributed by atoms with van der Waals surface area (Å²) in [7, 11) is -1.92. The van der Waals surface area contributed by atoms with E-state index in [1.807, 2.05) is 30.3 Å². The van der Waals surface area contributed by atoms with Crippen molar-refractivity contribution in [2.75, 3.05) is 20.3 Å². The predicted octanol–water partition coefficient (Wildman–Crippen LogP) is 1.85. The summed E-state index contributed by atoms with van der Waals surface area (Å²) in [5.74, 6) is 0. The van der Waals surface area contributed by atoms with Crippen LogP contribution in [0.25, 0.3) is 0 Å². The monoisotopic (exact) mass is 334 g/mol. The Morgan fingerprint density at radius 3 is 2.35 bits per heavy atom. The Morgan fingerprint density at radius 2 is 1.74 bits per heavy atom. The Kier molecular flexibility index (Phi) is 6.29. The van der Waals surface area contributed by atoms with E-state index in [1.54, 1.807) is 31.4 Å². The smallest absolute Gasteiger partial charge is 0.240 e. The molecule has 2 rings (SSSR count). The molecule has 0 bridgehead atoms. The molecule has 0 saturated carbocycles. The first-order chi connectivity index (χ1) is 11.0. The highest BCUT2D eigenvalue weighted by molar-refractivity contribution is 7.89. The van der Waals surface area contributed by atoms with Gasteiger partial charge in [-0.3, -0.25) is 0 Å². The second kappa shape index (κ2) is 8.21. The highest BCUT2D eigenvalue weighted by Gasteiger charge is 2.15. The van der Waals surface area contributed by atoms with Gasteiger partial charge in [0, 0.05) is 19.7 Å². The lowest BCUT2D eigenvalue weighted by Gasteiger charge is -2.13. The zero-order valence-corrected chi connectivity index (χ0v) is 13.9. The Morgan fingerprint density at radius 1 is 1.09 bits per heavy atom. The number of nitrogens with two attached hydrogens (primary N) is 1. The lowest BCUT2D eigenvalue weighted by Crippen LogP contribution is -2.31. The highest BCUT2D eigenvalue weighted by atomic mass is 32.2. The summed E-state index contributed by atoms with van der Waals surface area (Å²) in [5, 5.41) is 0. The molecule has 0 saturated heterocycles. The third kappa shape index (κ3) is 5.14. The fourth-order valence-electron chi connectivity index (χ4n) is 2.16. The second-order valence-corrected chi connectivity index (χ2v) is 7.02. The maximum Gasteiger partial charge on any atom is 0.240 e. The largest absolute Gasteiger partial charge is 0.384 e. The van der Waals surface area contributed by atoms with Crippen molar-refractivity contribution in [2.24, 2.45) is 5.73 Å². The number of hydrogen-bond acceptors (Lipinski definition) is 4. The van der Waals surface area contributed by atoms with E-state index in [0.717, 1.165) is 17.5 Å². The van der Waals surface area contributed by atoms with E-state index >= 15 is 0 Å². The number of rotatable bonds is 8. The van der Waals surface area contributed by atoms with Gasteiger partial charge in [-0.1, -0.05) is 42.5 Å². The highest BCUT2D eigenvalue weighted by Crippen LogP contribution is 2.13. The van der Waals surface area contributed by atoms with Crippen LogP contribution < -0.4 is 10.5 Å². The van der Waals surface area contributed by atoms with Gasteiger partial charge in [0.15, 0.2) is 0 Å². The van der Waals surface area contributed by atoms with Crippen LogP contribution in [0.1, 0.15) is 17.2 Å². The van der Waals surface area contributed by atoms with Gasteiger partial charge in [0.1, 0.15) is 0 Å². The van der Waals surface area contributed by atoms with E-state index in [1.165, 1.54) is 0 Å². The van der Waals surface area contributed by atoms with E-state index in [4.69, 9.17) is 10.5 Å². The Balaban J connectivity index is 1.98. The van der Waals surface area contributed by atoms with Crippen LogP contribution in [-0.4, -0.2) is 28.7 Å². The van der Waals surface area contributed by atoms with Crippen molar-refractivity contribution < 1.29 is 13.2 Å². The second-order valence-electron chi connectivity index (χ2n) is 5.26. The molecule has 23 heavy (non-hydrogen) atoms. The lowest BCUT2D eigenvalue weighted by molar-refractivity contribution is 0.202. The van der Waals surface area contributed by atoms with Crippen LogP contribution in [0.5, 0.6) is 0 Å². The van der Waals surface area contributed by atoms with Crippen LogP contribution in [-0.2, 0) is 21.2 Å². The molecule has 3 N–H and O–H groups in total. The zero-order chi connectivity index (χ0) is 16.7. The predicted molar refractivity (Wildman–Crippen MR) is 90.6 cm³/mol. The summed E-state index contributed by atoms with van der Waals surface area (Å²) in [6, 6.07) is 15.8. The molecule has 1 atom stereocenters. The van der Waals surface area contributed by atoms with Crippen LogP contribution in [0, 0.1) is 0 Å². The Hall–Kier alpha value is -1.73. The summed E-state index contributed by atoms with van der Waals surface area (Å²) in [6.45, 7) is 0.758. The fourth-order valence-corrected chi connectivity index (χ4v) is 3.22. The van der Waals surface area contributed by atoms with Crippen molar-refractivity contribution in [3.05, 3.63) is 65.7 Å². The summed E-state index contributed by atoms with van der Waals surface area (Å²) in [4.78, 5) is 0.235. The van der Waals surface area contributed by atoms with E-state index in [0.29, 0.717) is 6.61 Å². The van der Waals surface area contributed by atoms with Crippen molar-refractivity contribution in [2.45, 2.75) is 17.4 Å². The Labute approximate surface area is 137 Å². The first kappa shape index (κ1) is 17.6. The molecule has 5 nitrogen and oxygen atoms in total. The molecule has 0 aromatic heterocycles. The number of methoxy groups -OCH3 is 1. The number of nitrogens with one attached hydrogen (secondary N) is 1. The van der Waals surface area contributed by atoms with E-state index < -0.39 is 10.0 Å². The fraction of sp³-hybridized carbons (Fsp3) is 0.294. The van der Waals surface area contributed by atoms with Gasteiger partial charge < -0.3 is 10.5 Å². The zero-order valence-electron chi connectivity index (χ0n) is 13.1. The third-order valence-electron chi connectivity index (χ3n) is 3.55. The van der Waals surface area contributed by atoms with Crippen LogP contribution >= 0.6 is 0 Å². The summed E-state index contributed by atoms with van der Waals surface area (Å²) < 4.78 is 32.2. The molecule has 2 aromatic carbocycles. The maximum atomic E-state index is 12.3. The van der Waals surface area contributed by atoms with Gasteiger partial charge in [-0.2, -0.15) is 0 Å². The van der Waals surface area contributed by atoms with Crippen molar-refractivity contribution in [1.29, 1.82) is 0 Å². The van der Waals surface area contributed by atoms with Crippen molar-refractivity contribution in [1.82, 2.24) is 4.72 Å². The topological polar surface area (TPSA) is 81.4 Å². The molecule has 0 amide bonds. The average molecular weight is 334 g/mol. The molecule has 0 fully saturated rings. The molecule has 2 aromatic rings. The molecule has 124 valence electrons. The van der Waals surface area contributed by atoms with Crippen LogP contribution in [0.4, 0.5) is 0 Å². The van der Waals surface area contributed by atoms with Crippen molar-refractivity contribution >= 4 is 10.0 Å². The maximum absolute atomic E-state index is 12.3. The molecular weight excluding hydrogens is 312 g/mol. The van der Waals surface area contributed by atoms with Gasteiger partial charge in [-0.25, -0.2) is 13.1 Å². The quantitative estimate of drug-likeness (QED) is 0.772. The van der Waals surface area contributed by atoms with E-state index in [-0.39, 0.29) is 17.5 Å². The van der Waals surface area contributed by atoms with Crippen molar-refractivity contribution in [3.63, 3.8) is 0 Å². The van der Waals surface area contributed by atoms with Gasteiger partial charge in [0.2, 0.25) is 10.0 Å². The molecule has 0 aliphatic heterocycles. The average Bonchev–Trinajstić information content (AvgIpc) is 2.59. The number of ether oxygens (including phenoxy) is 1. The number of hydrogen-bond donors (Lipinski definition) is 2. The van der Waals surface area contributed by atoms with Crippen LogP contribution in [0.3, 0.4) is 0 Å². The van der Waals surface area contributed by atoms with Gasteiger partial charge in [-0.15, -0.1) is 0 Å².